The molecule has 0 aliphatic rings. The molecule has 0 aromatic heterocycles. The van der Waals surface area contributed by atoms with Crippen molar-refractivity contribution >= 4 is 35.3 Å². The number of phenols is 3. The number of amides is 1. The molecule has 4 N–H and O–H groups in total. The Kier molecular flexibility index (Phi) is 4.75. The number of nitrogens with zero attached hydrogens (tertiary/aromatic N) is 1. The number of nitrogens with one attached hydrogen (secondary N) is 1. The monoisotopic (exact) mass is 340 g/mol. The number of hydrazone groups is 1. The van der Waals surface area contributed by atoms with Gasteiger partial charge in [-0.1, -0.05) is 23.2 Å². The lowest BCUT2D eigenvalue weighted by Crippen LogP contribution is -2.17. The van der Waals surface area contributed by atoms with Gasteiger partial charge in [0.05, 0.1) is 16.3 Å². The van der Waals surface area contributed by atoms with Crippen LogP contribution >= 0.6 is 23.2 Å². The van der Waals surface area contributed by atoms with E-state index in [1.54, 1.807) is 0 Å². The molecule has 0 saturated carbocycles. The average Bonchev–Trinajstić information content (AvgIpc) is 2.50. The number of carbonyl (C=O) groups excluding carboxylic acids is 1. The van der Waals surface area contributed by atoms with Gasteiger partial charge in [-0.15, -0.1) is 0 Å². The van der Waals surface area contributed by atoms with E-state index in [0.29, 0.717) is 5.02 Å². The molecule has 0 spiro atoms. The van der Waals surface area contributed by atoms with E-state index < -0.39 is 23.2 Å². The molecule has 22 heavy (non-hydrogen) atoms. The molecule has 114 valence electrons. The third-order valence-corrected chi connectivity index (χ3v) is 3.45. The van der Waals surface area contributed by atoms with Gasteiger partial charge in [0, 0.05) is 11.1 Å². The van der Waals surface area contributed by atoms with Crippen molar-refractivity contribution in [2.45, 2.75) is 0 Å². The second kappa shape index (κ2) is 6.55. The zero-order valence-corrected chi connectivity index (χ0v) is 12.4. The Morgan fingerprint density at radius 3 is 2.45 bits per heavy atom. The molecule has 6 nitrogen and oxygen atoms in total. The quantitative estimate of drug-likeness (QED) is 0.392. The Labute approximate surface area is 135 Å². The second-order valence-corrected chi connectivity index (χ2v) is 5.01. The summed E-state index contributed by atoms with van der Waals surface area (Å²) in [7, 11) is 0. The highest BCUT2D eigenvalue weighted by molar-refractivity contribution is 6.42. The van der Waals surface area contributed by atoms with Gasteiger partial charge < -0.3 is 15.3 Å². The summed E-state index contributed by atoms with van der Waals surface area (Å²) in [6.45, 7) is 0. The number of benzene rings is 2. The van der Waals surface area contributed by atoms with Crippen LogP contribution in [0.1, 0.15) is 15.9 Å². The van der Waals surface area contributed by atoms with E-state index in [9.17, 15) is 20.1 Å². The molecule has 2 aromatic rings. The first-order valence-electron chi connectivity index (χ1n) is 5.92. The van der Waals surface area contributed by atoms with Crippen molar-refractivity contribution in [3.63, 3.8) is 0 Å². The molecule has 2 rings (SSSR count). The first-order chi connectivity index (χ1) is 10.4. The molecule has 0 saturated heterocycles. The Balaban J connectivity index is 2.10. The Hall–Kier alpha value is -2.44. The minimum Gasteiger partial charge on any atom is -0.504 e. The van der Waals surface area contributed by atoms with Gasteiger partial charge in [-0.2, -0.15) is 5.10 Å². The maximum absolute atomic E-state index is 11.8. The van der Waals surface area contributed by atoms with Crippen molar-refractivity contribution < 1.29 is 20.1 Å². The third-order valence-electron chi connectivity index (χ3n) is 2.71. The summed E-state index contributed by atoms with van der Waals surface area (Å²) in [4.78, 5) is 11.8. The standard InChI is InChI=1S/C14H10Cl2N2O4/c15-9-3-1-7(5-10(9)16)14(22)18-17-6-8-2-4-11(19)13(21)12(8)20/h1-6,19-21H,(H,18,22)/b17-6+. The number of carbonyl (C=O) groups is 1. The number of phenolic OH excluding ortho intramolecular Hbond substituents is 3. The van der Waals surface area contributed by atoms with E-state index in [2.05, 4.69) is 10.5 Å². The topological polar surface area (TPSA) is 102 Å². The lowest BCUT2D eigenvalue weighted by Gasteiger charge is -2.04. The Bertz CT molecular complexity index is 763. The van der Waals surface area contributed by atoms with Gasteiger partial charge in [0.15, 0.2) is 11.5 Å². The fraction of sp³-hybridized carbons (Fsp3) is 0. The molecule has 0 aliphatic heterocycles. The van der Waals surface area contributed by atoms with Crippen molar-refractivity contribution in [3.05, 3.63) is 51.5 Å². The van der Waals surface area contributed by atoms with Gasteiger partial charge in [0.2, 0.25) is 5.75 Å². The summed E-state index contributed by atoms with van der Waals surface area (Å²) in [6.07, 6.45) is 1.11. The van der Waals surface area contributed by atoms with E-state index in [1.807, 2.05) is 0 Å². The number of hydrogen-bond donors (Lipinski definition) is 4. The number of aromatic hydroxyl groups is 3. The second-order valence-electron chi connectivity index (χ2n) is 4.20. The molecular weight excluding hydrogens is 331 g/mol. The molecule has 0 radical (unpaired) electrons. The number of hydrogen-bond acceptors (Lipinski definition) is 5. The van der Waals surface area contributed by atoms with Crippen LogP contribution in [-0.4, -0.2) is 27.4 Å². The van der Waals surface area contributed by atoms with Crippen LogP contribution in [0.2, 0.25) is 10.0 Å². The van der Waals surface area contributed by atoms with Gasteiger partial charge in [-0.3, -0.25) is 4.79 Å². The summed E-state index contributed by atoms with van der Waals surface area (Å²) in [5.74, 6) is -2.21. The zero-order valence-electron chi connectivity index (χ0n) is 10.9. The molecule has 8 heteroatoms. The van der Waals surface area contributed by atoms with Gasteiger partial charge in [0.25, 0.3) is 5.91 Å². The molecule has 0 heterocycles. The molecule has 2 aromatic carbocycles. The average molecular weight is 341 g/mol. The predicted octanol–water partition coefficient (Wildman–Crippen LogP) is 2.87. The summed E-state index contributed by atoms with van der Waals surface area (Å²) in [6, 6.07) is 6.84. The number of rotatable bonds is 3. The van der Waals surface area contributed by atoms with E-state index >= 15 is 0 Å². The number of halogens is 2. The molecule has 0 aliphatic carbocycles. The predicted molar refractivity (Wildman–Crippen MR) is 83.0 cm³/mol. The fourth-order valence-corrected chi connectivity index (χ4v) is 1.85. The van der Waals surface area contributed by atoms with E-state index in [1.165, 1.54) is 30.3 Å². The summed E-state index contributed by atoms with van der Waals surface area (Å²) in [5, 5.41) is 32.3. The highest BCUT2D eigenvalue weighted by Gasteiger charge is 2.10. The van der Waals surface area contributed by atoms with Crippen molar-refractivity contribution in [2.75, 3.05) is 0 Å². The molecule has 0 fully saturated rings. The molecule has 0 unspecified atom stereocenters. The van der Waals surface area contributed by atoms with Crippen LogP contribution in [0.5, 0.6) is 17.2 Å². The largest absolute Gasteiger partial charge is 0.504 e. The third kappa shape index (κ3) is 3.41. The Morgan fingerprint density at radius 2 is 1.77 bits per heavy atom. The highest BCUT2D eigenvalue weighted by atomic mass is 35.5. The van der Waals surface area contributed by atoms with Crippen LogP contribution in [-0.2, 0) is 0 Å². The maximum atomic E-state index is 11.8. The van der Waals surface area contributed by atoms with E-state index in [-0.39, 0.29) is 16.1 Å². The van der Waals surface area contributed by atoms with Gasteiger partial charge in [-0.25, -0.2) is 5.43 Å². The fourth-order valence-electron chi connectivity index (χ4n) is 1.55. The lowest BCUT2D eigenvalue weighted by molar-refractivity contribution is 0.0955. The highest BCUT2D eigenvalue weighted by Crippen LogP contribution is 2.36. The zero-order chi connectivity index (χ0) is 16.3. The smallest absolute Gasteiger partial charge is 0.271 e. The molecule has 0 bridgehead atoms. The van der Waals surface area contributed by atoms with Crippen molar-refractivity contribution in [1.29, 1.82) is 0 Å². The van der Waals surface area contributed by atoms with Crippen LogP contribution in [0.25, 0.3) is 0 Å². The lowest BCUT2D eigenvalue weighted by atomic mass is 10.2. The Morgan fingerprint density at radius 1 is 1.05 bits per heavy atom. The minimum absolute atomic E-state index is 0.115. The minimum atomic E-state index is -0.667. The van der Waals surface area contributed by atoms with Crippen molar-refractivity contribution in [2.24, 2.45) is 5.10 Å². The van der Waals surface area contributed by atoms with Crippen molar-refractivity contribution in [1.82, 2.24) is 5.43 Å². The van der Waals surface area contributed by atoms with Gasteiger partial charge in [-0.05, 0) is 30.3 Å². The van der Waals surface area contributed by atoms with Crippen LogP contribution in [0.15, 0.2) is 35.4 Å². The van der Waals surface area contributed by atoms with Gasteiger partial charge in [0.1, 0.15) is 0 Å². The van der Waals surface area contributed by atoms with E-state index in [0.717, 1.165) is 6.21 Å². The van der Waals surface area contributed by atoms with Crippen LogP contribution in [0.4, 0.5) is 0 Å². The van der Waals surface area contributed by atoms with Crippen molar-refractivity contribution in [3.8, 4) is 17.2 Å². The van der Waals surface area contributed by atoms with Crippen LogP contribution in [0, 0.1) is 0 Å². The molecule has 1 amide bonds. The summed E-state index contributed by atoms with van der Waals surface area (Å²) in [5.41, 5.74) is 2.60. The normalized spacial score (nSPS) is 10.8. The van der Waals surface area contributed by atoms with Crippen LogP contribution < -0.4 is 5.43 Å². The molecular formula is C14H10Cl2N2O4. The van der Waals surface area contributed by atoms with E-state index in [4.69, 9.17) is 23.2 Å². The summed E-state index contributed by atoms with van der Waals surface area (Å²) < 4.78 is 0. The van der Waals surface area contributed by atoms with Gasteiger partial charge >= 0.3 is 0 Å². The molecule has 0 atom stereocenters. The maximum Gasteiger partial charge on any atom is 0.271 e. The first-order valence-corrected chi connectivity index (χ1v) is 6.68. The SMILES string of the molecule is O=C(N/N=C/c1ccc(O)c(O)c1O)c1ccc(Cl)c(Cl)c1. The first kappa shape index (κ1) is 15.9. The summed E-state index contributed by atoms with van der Waals surface area (Å²) >= 11 is 11.6. The van der Waals surface area contributed by atoms with Crippen LogP contribution in [0.3, 0.4) is 0 Å².